The van der Waals surface area contributed by atoms with Crippen molar-refractivity contribution in [2.75, 3.05) is 6.54 Å². The summed E-state index contributed by atoms with van der Waals surface area (Å²) in [5, 5.41) is 4.82. The molecule has 4 heteroatoms. The molecular formula is C17H23N3S. The minimum atomic E-state index is 0.547. The fourth-order valence-corrected chi connectivity index (χ4v) is 4.12. The van der Waals surface area contributed by atoms with Crippen LogP contribution in [0.25, 0.3) is 0 Å². The highest BCUT2D eigenvalue weighted by Crippen LogP contribution is 2.35. The minimum absolute atomic E-state index is 0.547. The zero-order valence-corrected chi connectivity index (χ0v) is 13.6. The highest BCUT2D eigenvalue weighted by Gasteiger charge is 2.24. The van der Waals surface area contributed by atoms with Crippen LogP contribution >= 0.6 is 11.3 Å². The van der Waals surface area contributed by atoms with Gasteiger partial charge in [-0.05, 0) is 37.0 Å². The normalized spacial score (nSPS) is 18.0. The van der Waals surface area contributed by atoms with Crippen LogP contribution in [0.4, 0.5) is 0 Å². The van der Waals surface area contributed by atoms with Gasteiger partial charge in [-0.15, -0.1) is 11.3 Å². The lowest BCUT2D eigenvalue weighted by Crippen LogP contribution is -2.29. The summed E-state index contributed by atoms with van der Waals surface area (Å²) >= 11 is 1.91. The number of thiazole rings is 1. The molecule has 3 nitrogen and oxygen atoms in total. The number of rotatable bonds is 5. The molecule has 0 bridgehead atoms. The Morgan fingerprint density at radius 1 is 1.33 bits per heavy atom. The predicted octanol–water partition coefficient (Wildman–Crippen LogP) is 3.55. The van der Waals surface area contributed by atoms with E-state index in [0.29, 0.717) is 12.0 Å². The van der Waals surface area contributed by atoms with Crippen molar-refractivity contribution in [3.8, 4) is 0 Å². The Kier molecular flexibility index (Phi) is 4.66. The predicted molar refractivity (Wildman–Crippen MR) is 88.0 cm³/mol. The quantitative estimate of drug-likeness (QED) is 0.918. The molecule has 21 heavy (non-hydrogen) atoms. The zero-order chi connectivity index (χ0) is 14.7. The molecular weight excluding hydrogens is 278 g/mol. The van der Waals surface area contributed by atoms with Gasteiger partial charge in [-0.2, -0.15) is 0 Å². The van der Waals surface area contributed by atoms with Crippen LogP contribution in [-0.4, -0.2) is 22.6 Å². The Hall–Kier alpha value is -1.26. The first kappa shape index (κ1) is 14.7. The van der Waals surface area contributed by atoms with Gasteiger partial charge >= 0.3 is 0 Å². The first-order valence-corrected chi connectivity index (χ1v) is 8.65. The third-order valence-corrected chi connectivity index (χ3v) is 5.12. The lowest BCUT2D eigenvalue weighted by Gasteiger charge is -2.22. The van der Waals surface area contributed by atoms with E-state index >= 15 is 0 Å². The van der Waals surface area contributed by atoms with Gasteiger partial charge in [0.1, 0.15) is 0 Å². The Labute approximate surface area is 130 Å². The monoisotopic (exact) mass is 301 g/mol. The van der Waals surface area contributed by atoms with Crippen LogP contribution < -0.4 is 5.32 Å². The Bertz CT molecular complexity index is 577. The molecule has 1 N–H and O–H groups in total. The summed E-state index contributed by atoms with van der Waals surface area (Å²) in [7, 11) is 0. The highest BCUT2D eigenvalue weighted by molar-refractivity contribution is 7.11. The number of hydrogen-bond donors (Lipinski definition) is 1. The van der Waals surface area contributed by atoms with Crippen LogP contribution in [0.3, 0.4) is 0 Å². The maximum atomic E-state index is 4.96. The van der Waals surface area contributed by atoms with E-state index < -0.39 is 0 Å². The van der Waals surface area contributed by atoms with Gasteiger partial charge in [0.25, 0.3) is 0 Å². The number of fused-ring (bicyclic) bond motifs is 1. The van der Waals surface area contributed by atoms with Crippen LogP contribution in [0.2, 0.25) is 0 Å². The molecule has 0 spiro atoms. The molecule has 1 aliphatic rings. The first-order chi connectivity index (χ1) is 10.2. The molecule has 2 aromatic heterocycles. The third-order valence-electron chi connectivity index (χ3n) is 3.99. The van der Waals surface area contributed by atoms with Crippen LogP contribution in [0, 0.1) is 0 Å². The van der Waals surface area contributed by atoms with Gasteiger partial charge in [0.2, 0.25) is 0 Å². The van der Waals surface area contributed by atoms with Crippen LogP contribution in [-0.2, 0) is 12.8 Å². The molecule has 0 amide bonds. The van der Waals surface area contributed by atoms with E-state index in [-0.39, 0.29) is 0 Å². The highest BCUT2D eigenvalue weighted by atomic mass is 32.1. The van der Waals surface area contributed by atoms with E-state index in [2.05, 4.69) is 36.3 Å². The maximum Gasteiger partial charge on any atom is 0.0975 e. The zero-order valence-electron chi connectivity index (χ0n) is 12.8. The molecule has 3 rings (SSSR count). The summed E-state index contributed by atoms with van der Waals surface area (Å²) in [5.41, 5.74) is 2.66. The molecule has 1 atom stereocenters. The molecule has 1 unspecified atom stereocenters. The van der Waals surface area contributed by atoms with Gasteiger partial charge in [-0.3, -0.25) is 4.98 Å². The molecule has 0 aliphatic heterocycles. The number of aromatic nitrogens is 2. The van der Waals surface area contributed by atoms with Gasteiger partial charge in [0, 0.05) is 42.2 Å². The molecule has 112 valence electrons. The van der Waals surface area contributed by atoms with Crippen molar-refractivity contribution in [3.05, 3.63) is 45.7 Å². The van der Waals surface area contributed by atoms with Gasteiger partial charge < -0.3 is 5.32 Å². The molecule has 0 saturated carbocycles. The minimum Gasteiger partial charge on any atom is -0.314 e. The van der Waals surface area contributed by atoms with Crippen molar-refractivity contribution >= 4 is 11.3 Å². The standard InChI is InChI=1S/C17H23N3S/c1-12(2)19-11-14-4-3-5-15-17(14)20-16(21-15)10-13-6-8-18-9-7-13/h6-9,12,14,19H,3-5,10-11H2,1-2H3. The summed E-state index contributed by atoms with van der Waals surface area (Å²) in [6.07, 6.45) is 8.43. The van der Waals surface area contributed by atoms with Gasteiger partial charge in [0.05, 0.1) is 10.7 Å². The van der Waals surface area contributed by atoms with E-state index in [1.807, 2.05) is 23.7 Å². The second-order valence-corrected chi connectivity index (χ2v) is 7.27. The molecule has 0 fully saturated rings. The van der Waals surface area contributed by atoms with E-state index in [0.717, 1.165) is 13.0 Å². The fourth-order valence-electron chi connectivity index (χ4n) is 2.89. The lowest BCUT2D eigenvalue weighted by molar-refractivity contribution is 0.474. The van der Waals surface area contributed by atoms with E-state index in [1.54, 1.807) is 0 Å². The van der Waals surface area contributed by atoms with Crippen molar-refractivity contribution in [2.24, 2.45) is 0 Å². The van der Waals surface area contributed by atoms with Crippen LogP contribution in [0.5, 0.6) is 0 Å². The summed E-state index contributed by atoms with van der Waals surface area (Å²) in [6.45, 7) is 5.47. The second-order valence-electron chi connectivity index (χ2n) is 6.10. The Morgan fingerprint density at radius 2 is 2.14 bits per heavy atom. The van der Waals surface area contributed by atoms with Crippen molar-refractivity contribution in [2.45, 2.75) is 51.5 Å². The van der Waals surface area contributed by atoms with Gasteiger partial charge in [0.15, 0.2) is 0 Å². The average molecular weight is 301 g/mol. The van der Waals surface area contributed by atoms with Crippen LogP contribution in [0.15, 0.2) is 24.5 Å². The smallest absolute Gasteiger partial charge is 0.0975 e. The summed E-state index contributed by atoms with van der Waals surface area (Å²) in [5.74, 6) is 0.596. The molecule has 0 aromatic carbocycles. The van der Waals surface area contributed by atoms with Crippen molar-refractivity contribution in [3.63, 3.8) is 0 Å². The first-order valence-electron chi connectivity index (χ1n) is 7.83. The number of aryl methyl sites for hydroxylation is 1. The summed E-state index contributed by atoms with van der Waals surface area (Å²) in [6, 6.07) is 4.71. The SMILES string of the molecule is CC(C)NCC1CCCc2sc(Cc3ccncc3)nc21. The van der Waals surface area contributed by atoms with E-state index in [1.165, 1.54) is 40.4 Å². The largest absolute Gasteiger partial charge is 0.314 e. The summed E-state index contributed by atoms with van der Waals surface area (Å²) < 4.78 is 0. The van der Waals surface area contributed by atoms with E-state index in [4.69, 9.17) is 4.98 Å². The number of nitrogens with zero attached hydrogens (tertiary/aromatic N) is 2. The number of pyridine rings is 1. The third kappa shape index (κ3) is 3.69. The Balaban J connectivity index is 1.74. The topological polar surface area (TPSA) is 37.8 Å². The molecule has 2 heterocycles. The maximum absolute atomic E-state index is 4.96. The van der Waals surface area contributed by atoms with Crippen molar-refractivity contribution in [1.82, 2.24) is 15.3 Å². The molecule has 0 radical (unpaired) electrons. The average Bonchev–Trinajstić information content (AvgIpc) is 2.89. The van der Waals surface area contributed by atoms with Gasteiger partial charge in [-0.25, -0.2) is 4.98 Å². The number of nitrogens with one attached hydrogen (secondary N) is 1. The molecule has 2 aromatic rings. The number of hydrogen-bond acceptors (Lipinski definition) is 4. The molecule has 0 saturated heterocycles. The fraction of sp³-hybridized carbons (Fsp3) is 0.529. The van der Waals surface area contributed by atoms with Gasteiger partial charge in [-0.1, -0.05) is 13.8 Å². The van der Waals surface area contributed by atoms with Crippen molar-refractivity contribution < 1.29 is 0 Å². The van der Waals surface area contributed by atoms with E-state index in [9.17, 15) is 0 Å². The van der Waals surface area contributed by atoms with Crippen LogP contribution in [0.1, 0.15) is 53.7 Å². The molecule has 1 aliphatic carbocycles. The van der Waals surface area contributed by atoms with Crippen molar-refractivity contribution in [1.29, 1.82) is 0 Å². The summed E-state index contributed by atoms with van der Waals surface area (Å²) in [4.78, 5) is 10.6. The lowest BCUT2D eigenvalue weighted by atomic mass is 9.91. The second kappa shape index (κ2) is 6.67. The Morgan fingerprint density at radius 3 is 2.90 bits per heavy atom.